The van der Waals surface area contributed by atoms with E-state index in [0.717, 1.165) is 12.1 Å². The molecule has 1 rings (SSSR count). The number of hydrogen-bond acceptors (Lipinski definition) is 4. The second-order valence-electron chi connectivity index (χ2n) is 4.81. The van der Waals surface area contributed by atoms with Crippen molar-refractivity contribution in [3.8, 4) is 0 Å². The molecule has 0 aliphatic rings. The highest BCUT2D eigenvalue weighted by molar-refractivity contribution is 7.80. The number of carbonyl (C=O) groups is 1. The molecule has 0 saturated carbocycles. The van der Waals surface area contributed by atoms with Gasteiger partial charge in [0.15, 0.2) is 0 Å². The van der Waals surface area contributed by atoms with Crippen LogP contribution in [-0.2, 0) is 4.79 Å². The molecule has 1 atom stereocenters. The minimum absolute atomic E-state index is 0.0714. The lowest BCUT2D eigenvalue weighted by Gasteiger charge is -2.26. The average molecular weight is 309 g/mol. The second kappa shape index (κ2) is 8.71. The zero-order valence-electron chi connectivity index (χ0n) is 12.5. The van der Waals surface area contributed by atoms with E-state index in [1.54, 1.807) is 24.3 Å². The van der Waals surface area contributed by atoms with Crippen LogP contribution < -0.4 is 11.1 Å². The first-order chi connectivity index (χ1) is 9.99. The molecule has 0 spiro atoms. The van der Waals surface area contributed by atoms with Crippen LogP contribution in [0.2, 0.25) is 0 Å². The van der Waals surface area contributed by atoms with Crippen LogP contribution in [0.3, 0.4) is 0 Å². The van der Waals surface area contributed by atoms with Gasteiger partial charge in [-0.1, -0.05) is 19.1 Å². The van der Waals surface area contributed by atoms with Gasteiger partial charge in [-0.05, 0) is 44.2 Å². The van der Waals surface area contributed by atoms with Gasteiger partial charge in [-0.3, -0.25) is 9.69 Å². The van der Waals surface area contributed by atoms with E-state index in [2.05, 4.69) is 5.32 Å². The molecule has 21 heavy (non-hydrogen) atoms. The third kappa shape index (κ3) is 5.41. The zero-order valence-corrected chi connectivity index (χ0v) is 13.3. The van der Waals surface area contributed by atoms with E-state index in [1.165, 1.54) is 0 Å². The number of nitrogens with zero attached hydrogens (tertiary/aromatic N) is 1. The predicted octanol–water partition coefficient (Wildman–Crippen LogP) is 1.35. The Morgan fingerprint density at radius 2 is 2.05 bits per heavy atom. The fraction of sp³-hybridized carbons (Fsp3) is 0.467. The number of rotatable bonds is 8. The van der Waals surface area contributed by atoms with E-state index in [-0.39, 0.29) is 18.6 Å². The van der Waals surface area contributed by atoms with E-state index in [0.29, 0.717) is 23.6 Å². The topological polar surface area (TPSA) is 78.6 Å². The number of thiocarbonyl (C=S) groups is 1. The first-order valence-electron chi connectivity index (χ1n) is 7.05. The fourth-order valence-corrected chi connectivity index (χ4v) is 2.17. The van der Waals surface area contributed by atoms with Crippen LogP contribution in [0.15, 0.2) is 24.3 Å². The molecule has 6 heteroatoms. The third-order valence-electron chi connectivity index (χ3n) is 3.37. The van der Waals surface area contributed by atoms with Crippen molar-refractivity contribution in [1.29, 1.82) is 0 Å². The van der Waals surface area contributed by atoms with Crippen LogP contribution in [0.25, 0.3) is 0 Å². The molecule has 5 nitrogen and oxygen atoms in total. The van der Waals surface area contributed by atoms with Crippen molar-refractivity contribution in [2.24, 2.45) is 5.73 Å². The van der Waals surface area contributed by atoms with Gasteiger partial charge < -0.3 is 16.2 Å². The molecule has 0 heterocycles. The summed E-state index contributed by atoms with van der Waals surface area (Å²) in [4.78, 5) is 14.6. The van der Waals surface area contributed by atoms with Gasteiger partial charge in [0, 0.05) is 24.4 Å². The van der Waals surface area contributed by atoms with Crippen molar-refractivity contribution < 1.29 is 9.90 Å². The van der Waals surface area contributed by atoms with Crippen LogP contribution in [-0.4, -0.2) is 46.6 Å². The van der Waals surface area contributed by atoms with E-state index >= 15 is 0 Å². The maximum atomic E-state index is 12.2. The van der Waals surface area contributed by atoms with Gasteiger partial charge in [0.1, 0.15) is 4.99 Å². The fourth-order valence-electron chi connectivity index (χ4n) is 2.03. The Balaban J connectivity index is 2.64. The number of amides is 1. The van der Waals surface area contributed by atoms with Crippen LogP contribution >= 0.6 is 12.2 Å². The van der Waals surface area contributed by atoms with Gasteiger partial charge >= 0.3 is 0 Å². The van der Waals surface area contributed by atoms with Gasteiger partial charge in [0.2, 0.25) is 5.91 Å². The molecule has 0 radical (unpaired) electrons. The van der Waals surface area contributed by atoms with Gasteiger partial charge in [-0.2, -0.15) is 0 Å². The number of likely N-dealkylation sites (N-methyl/N-ethyl adjacent to an activating group) is 1. The molecule has 0 aliphatic heterocycles. The lowest BCUT2D eigenvalue weighted by atomic mass is 10.2. The molecule has 0 bridgehead atoms. The number of anilines is 1. The summed E-state index contributed by atoms with van der Waals surface area (Å²) in [7, 11) is 0. The maximum Gasteiger partial charge on any atom is 0.241 e. The molecular formula is C15H23N3O2S. The van der Waals surface area contributed by atoms with E-state index < -0.39 is 0 Å². The van der Waals surface area contributed by atoms with Crippen LogP contribution in [0.4, 0.5) is 5.69 Å². The Labute approximate surface area is 131 Å². The summed E-state index contributed by atoms with van der Waals surface area (Å²) in [5.41, 5.74) is 7.02. The number of hydrogen-bond donors (Lipinski definition) is 3. The Hall–Kier alpha value is -1.50. The summed E-state index contributed by atoms with van der Waals surface area (Å²) >= 11 is 4.89. The van der Waals surface area contributed by atoms with Crippen LogP contribution in [0.1, 0.15) is 25.8 Å². The molecule has 116 valence electrons. The molecule has 1 unspecified atom stereocenters. The predicted molar refractivity (Wildman–Crippen MR) is 89.4 cm³/mol. The van der Waals surface area contributed by atoms with Crippen molar-refractivity contribution in [3.05, 3.63) is 29.8 Å². The number of aliphatic hydroxyl groups excluding tert-OH is 1. The number of nitrogens with one attached hydrogen (secondary N) is 1. The zero-order chi connectivity index (χ0) is 15.8. The average Bonchev–Trinajstić information content (AvgIpc) is 2.48. The van der Waals surface area contributed by atoms with Crippen LogP contribution in [0.5, 0.6) is 0 Å². The molecule has 0 aliphatic carbocycles. The summed E-state index contributed by atoms with van der Waals surface area (Å²) in [6.45, 7) is 5.44. The van der Waals surface area contributed by atoms with Crippen LogP contribution in [0, 0.1) is 0 Å². The number of benzene rings is 1. The summed E-state index contributed by atoms with van der Waals surface area (Å²) in [6.07, 6.45) is 0.661. The number of aliphatic hydroxyl groups is 1. The summed E-state index contributed by atoms with van der Waals surface area (Å²) < 4.78 is 0. The number of carbonyl (C=O) groups excluding carboxylic acids is 1. The maximum absolute atomic E-state index is 12.2. The van der Waals surface area contributed by atoms with Gasteiger partial charge in [0.25, 0.3) is 0 Å². The lowest BCUT2D eigenvalue weighted by Crippen LogP contribution is -2.42. The van der Waals surface area contributed by atoms with Gasteiger partial charge in [-0.15, -0.1) is 0 Å². The molecule has 1 amide bonds. The highest BCUT2D eigenvalue weighted by Crippen LogP contribution is 2.11. The van der Waals surface area contributed by atoms with Crippen molar-refractivity contribution in [1.82, 2.24) is 4.90 Å². The van der Waals surface area contributed by atoms with Crippen molar-refractivity contribution in [2.75, 3.05) is 25.0 Å². The molecular weight excluding hydrogens is 286 g/mol. The highest BCUT2D eigenvalue weighted by atomic mass is 32.1. The first kappa shape index (κ1) is 17.6. The molecule has 0 fully saturated rings. The molecule has 1 aromatic rings. The Morgan fingerprint density at radius 1 is 1.43 bits per heavy atom. The summed E-state index contributed by atoms with van der Waals surface area (Å²) in [5.74, 6) is -0.0714. The minimum Gasteiger partial charge on any atom is -0.396 e. The lowest BCUT2D eigenvalue weighted by molar-refractivity contribution is -0.120. The first-order valence-corrected chi connectivity index (χ1v) is 7.46. The van der Waals surface area contributed by atoms with E-state index in [9.17, 15) is 4.79 Å². The van der Waals surface area contributed by atoms with Crippen molar-refractivity contribution in [3.63, 3.8) is 0 Å². The molecule has 0 aromatic heterocycles. The monoisotopic (exact) mass is 309 g/mol. The van der Waals surface area contributed by atoms with Crippen molar-refractivity contribution >= 4 is 28.8 Å². The normalized spacial score (nSPS) is 12.2. The highest BCUT2D eigenvalue weighted by Gasteiger charge is 2.19. The molecule has 1 aromatic carbocycles. The smallest absolute Gasteiger partial charge is 0.241 e. The van der Waals surface area contributed by atoms with Gasteiger partial charge in [-0.25, -0.2) is 0 Å². The Bertz CT molecular complexity index is 476. The Kier molecular flexibility index (Phi) is 7.28. The molecule has 0 saturated heterocycles. The molecule has 4 N–H and O–H groups in total. The van der Waals surface area contributed by atoms with Gasteiger partial charge in [0.05, 0.1) is 6.04 Å². The SMILES string of the molecule is CCN(CCCO)C(C)C(=O)Nc1ccc(C(N)=S)cc1. The van der Waals surface area contributed by atoms with E-state index in [1.807, 2.05) is 18.7 Å². The quantitative estimate of drug-likeness (QED) is 0.632. The largest absolute Gasteiger partial charge is 0.396 e. The third-order valence-corrected chi connectivity index (χ3v) is 3.61. The minimum atomic E-state index is -0.253. The van der Waals surface area contributed by atoms with E-state index in [4.69, 9.17) is 23.1 Å². The van der Waals surface area contributed by atoms with Crippen molar-refractivity contribution in [2.45, 2.75) is 26.3 Å². The number of nitrogens with two attached hydrogens (primary N) is 1. The summed E-state index contributed by atoms with van der Waals surface area (Å²) in [5, 5.41) is 11.8. The standard InChI is InChI=1S/C15H23N3O2S/c1-3-18(9-4-10-19)11(2)15(20)17-13-7-5-12(6-8-13)14(16)21/h5-8,11,19H,3-4,9-10H2,1-2H3,(H2,16,21)(H,17,20). The Morgan fingerprint density at radius 3 is 2.52 bits per heavy atom. The second-order valence-corrected chi connectivity index (χ2v) is 5.25. The summed E-state index contributed by atoms with van der Waals surface area (Å²) in [6, 6.07) is 6.88.